The fourth-order valence-electron chi connectivity index (χ4n) is 0.966. The lowest BCUT2D eigenvalue weighted by Gasteiger charge is -2.12. The van der Waals surface area contributed by atoms with Crippen LogP contribution in [0.1, 0.15) is 19.7 Å². The van der Waals surface area contributed by atoms with Crippen molar-refractivity contribution in [2.45, 2.75) is 25.2 Å². The predicted octanol–water partition coefficient (Wildman–Crippen LogP) is 1.45. The molecule has 1 amide bonds. The molecule has 0 radical (unpaired) electrons. The molecule has 1 aromatic heterocycles. The van der Waals surface area contributed by atoms with E-state index in [9.17, 15) is 4.79 Å². The maximum Gasteiger partial charge on any atom is 0.234 e. The van der Waals surface area contributed by atoms with Crippen LogP contribution in [0.2, 0.25) is 0 Å². The van der Waals surface area contributed by atoms with E-state index >= 15 is 0 Å². The molecular weight excluding hydrogens is 246 g/mol. The second-order valence-electron chi connectivity index (χ2n) is 3.40. The predicted molar refractivity (Wildman–Crippen MR) is 58.0 cm³/mol. The third-order valence-corrected chi connectivity index (χ3v) is 3.29. The first kappa shape index (κ1) is 11.2. The number of carbonyl (C=O) groups excluding carboxylic acids is 1. The van der Waals surface area contributed by atoms with Gasteiger partial charge in [0.2, 0.25) is 5.91 Å². The summed E-state index contributed by atoms with van der Waals surface area (Å²) in [5.74, 6) is 1.05. The van der Waals surface area contributed by atoms with Gasteiger partial charge in [-0.15, -0.1) is 0 Å². The van der Waals surface area contributed by atoms with Crippen molar-refractivity contribution in [1.82, 2.24) is 15.3 Å². The van der Waals surface area contributed by atoms with Crippen molar-refractivity contribution < 1.29 is 4.79 Å². The van der Waals surface area contributed by atoms with E-state index in [0.717, 1.165) is 5.82 Å². The van der Waals surface area contributed by atoms with E-state index in [0.29, 0.717) is 6.54 Å². The number of aromatic amines is 1. The van der Waals surface area contributed by atoms with Crippen molar-refractivity contribution >= 4 is 21.8 Å². The van der Waals surface area contributed by atoms with Gasteiger partial charge in [0, 0.05) is 12.4 Å². The minimum atomic E-state index is -0.141. The Balaban J connectivity index is 2.35. The van der Waals surface area contributed by atoms with Gasteiger partial charge in [-0.2, -0.15) is 0 Å². The first-order valence-electron chi connectivity index (χ1n) is 4.51. The highest BCUT2D eigenvalue weighted by molar-refractivity contribution is 9.10. The molecule has 0 spiro atoms. The van der Waals surface area contributed by atoms with E-state index in [-0.39, 0.29) is 16.7 Å². The van der Waals surface area contributed by atoms with Crippen molar-refractivity contribution in [1.29, 1.82) is 0 Å². The Hall–Kier alpha value is -0.840. The maximum atomic E-state index is 11.5. The van der Waals surface area contributed by atoms with E-state index in [1.54, 1.807) is 12.4 Å². The van der Waals surface area contributed by atoms with Crippen LogP contribution in [0.25, 0.3) is 0 Å². The number of carbonyl (C=O) groups is 1. The zero-order chi connectivity index (χ0) is 10.6. The third kappa shape index (κ3) is 3.14. The Morgan fingerprint density at radius 2 is 2.43 bits per heavy atom. The maximum absolute atomic E-state index is 11.5. The van der Waals surface area contributed by atoms with Gasteiger partial charge in [0.15, 0.2) is 0 Å². The molecule has 1 heterocycles. The number of aromatic nitrogens is 2. The second-order valence-corrected chi connectivity index (χ2v) is 4.39. The summed E-state index contributed by atoms with van der Waals surface area (Å²) >= 11 is 3.33. The van der Waals surface area contributed by atoms with Crippen LogP contribution in [-0.4, -0.2) is 20.7 Å². The van der Waals surface area contributed by atoms with E-state index < -0.39 is 0 Å². The molecule has 5 heteroatoms. The minimum absolute atomic E-state index is 0.00333. The molecule has 0 saturated carbocycles. The molecule has 0 fully saturated rings. The van der Waals surface area contributed by atoms with Gasteiger partial charge in [-0.05, 0) is 5.92 Å². The Kier molecular flexibility index (Phi) is 4.13. The van der Waals surface area contributed by atoms with E-state index in [1.165, 1.54) is 0 Å². The van der Waals surface area contributed by atoms with E-state index in [2.05, 4.69) is 31.2 Å². The molecule has 0 bridgehead atoms. The van der Waals surface area contributed by atoms with Gasteiger partial charge < -0.3 is 10.3 Å². The molecule has 1 atom stereocenters. The van der Waals surface area contributed by atoms with E-state index in [4.69, 9.17) is 0 Å². The highest BCUT2D eigenvalue weighted by Gasteiger charge is 2.17. The fourth-order valence-corrected chi connectivity index (χ4v) is 1.13. The number of alkyl halides is 1. The SMILES string of the molecule is CC(C)C(Br)C(=O)NCc1ncc[nH]1. The lowest BCUT2D eigenvalue weighted by atomic mass is 10.1. The van der Waals surface area contributed by atoms with Gasteiger partial charge in [0.1, 0.15) is 5.82 Å². The average Bonchev–Trinajstić information content (AvgIpc) is 2.65. The van der Waals surface area contributed by atoms with Crippen molar-refractivity contribution in [3.8, 4) is 0 Å². The molecule has 1 rings (SSSR count). The summed E-state index contributed by atoms with van der Waals surface area (Å²) in [6.45, 7) is 4.43. The largest absolute Gasteiger partial charge is 0.348 e. The van der Waals surface area contributed by atoms with Crippen LogP contribution in [0, 0.1) is 5.92 Å². The highest BCUT2D eigenvalue weighted by Crippen LogP contribution is 2.11. The molecule has 78 valence electrons. The zero-order valence-electron chi connectivity index (χ0n) is 8.25. The summed E-state index contributed by atoms with van der Waals surface area (Å²) in [4.78, 5) is 18.3. The fraction of sp³-hybridized carbons (Fsp3) is 0.556. The molecule has 1 unspecified atom stereocenters. The van der Waals surface area contributed by atoms with Crippen LogP contribution >= 0.6 is 15.9 Å². The van der Waals surface area contributed by atoms with Crippen LogP contribution in [0.4, 0.5) is 0 Å². The van der Waals surface area contributed by atoms with Crippen molar-refractivity contribution in [3.05, 3.63) is 18.2 Å². The summed E-state index contributed by atoms with van der Waals surface area (Å²) < 4.78 is 0. The lowest BCUT2D eigenvalue weighted by Crippen LogP contribution is -2.33. The van der Waals surface area contributed by atoms with Crippen LogP contribution in [0.15, 0.2) is 12.4 Å². The number of hydrogen-bond donors (Lipinski definition) is 2. The topological polar surface area (TPSA) is 57.8 Å². The molecule has 0 saturated heterocycles. The highest BCUT2D eigenvalue weighted by atomic mass is 79.9. The summed E-state index contributed by atoms with van der Waals surface area (Å²) in [5, 5.41) is 2.79. The number of rotatable bonds is 4. The number of nitrogens with zero attached hydrogens (tertiary/aromatic N) is 1. The van der Waals surface area contributed by atoms with Gasteiger partial charge in [0.25, 0.3) is 0 Å². The summed E-state index contributed by atoms with van der Waals surface area (Å²) in [6, 6.07) is 0. The van der Waals surface area contributed by atoms with Gasteiger partial charge in [-0.25, -0.2) is 4.98 Å². The van der Waals surface area contributed by atoms with Gasteiger partial charge in [0.05, 0.1) is 11.4 Å². The quantitative estimate of drug-likeness (QED) is 0.805. The monoisotopic (exact) mass is 259 g/mol. The average molecular weight is 260 g/mol. The van der Waals surface area contributed by atoms with Crippen LogP contribution in [-0.2, 0) is 11.3 Å². The van der Waals surface area contributed by atoms with Crippen LogP contribution < -0.4 is 5.32 Å². The molecule has 0 aliphatic rings. The number of halogens is 1. The first-order valence-corrected chi connectivity index (χ1v) is 5.43. The minimum Gasteiger partial charge on any atom is -0.348 e. The molecule has 1 aromatic rings. The van der Waals surface area contributed by atoms with Crippen molar-refractivity contribution in [2.24, 2.45) is 5.92 Å². The Morgan fingerprint density at radius 3 is 2.93 bits per heavy atom. The summed E-state index contributed by atoms with van der Waals surface area (Å²) in [7, 11) is 0. The molecular formula is C9H14BrN3O. The lowest BCUT2D eigenvalue weighted by molar-refractivity contribution is -0.121. The number of hydrogen-bond acceptors (Lipinski definition) is 2. The number of nitrogens with one attached hydrogen (secondary N) is 2. The third-order valence-electron chi connectivity index (χ3n) is 1.82. The molecule has 14 heavy (non-hydrogen) atoms. The molecule has 0 aliphatic heterocycles. The second kappa shape index (κ2) is 5.14. The van der Waals surface area contributed by atoms with Crippen LogP contribution in [0.3, 0.4) is 0 Å². The summed E-state index contributed by atoms with van der Waals surface area (Å²) in [5.41, 5.74) is 0. The molecule has 4 nitrogen and oxygen atoms in total. The van der Waals surface area contributed by atoms with Gasteiger partial charge >= 0.3 is 0 Å². The van der Waals surface area contributed by atoms with Crippen molar-refractivity contribution in [3.63, 3.8) is 0 Å². The standard InChI is InChI=1S/C9H14BrN3O/c1-6(2)8(10)9(14)13-5-7-11-3-4-12-7/h3-4,6,8H,5H2,1-2H3,(H,11,12)(H,13,14). The van der Waals surface area contributed by atoms with Crippen molar-refractivity contribution in [2.75, 3.05) is 0 Å². The van der Waals surface area contributed by atoms with Gasteiger partial charge in [-0.3, -0.25) is 4.79 Å². The zero-order valence-corrected chi connectivity index (χ0v) is 9.84. The number of imidazole rings is 1. The Morgan fingerprint density at radius 1 is 1.71 bits per heavy atom. The molecule has 2 N–H and O–H groups in total. The number of H-pyrrole nitrogens is 1. The first-order chi connectivity index (χ1) is 6.61. The molecule has 0 aromatic carbocycles. The van der Waals surface area contributed by atoms with Crippen LogP contribution in [0.5, 0.6) is 0 Å². The molecule has 0 aliphatic carbocycles. The number of amides is 1. The summed E-state index contributed by atoms with van der Waals surface area (Å²) in [6.07, 6.45) is 3.39. The van der Waals surface area contributed by atoms with Gasteiger partial charge in [-0.1, -0.05) is 29.8 Å². The van der Waals surface area contributed by atoms with E-state index in [1.807, 2.05) is 13.8 Å². The Labute approximate surface area is 91.6 Å². The Bertz CT molecular complexity index is 284. The smallest absolute Gasteiger partial charge is 0.234 e. The normalized spacial score (nSPS) is 12.9.